The molecule has 2 aromatic carbocycles. The molecule has 0 amide bonds. The maximum atomic E-state index is 11.6. The fourth-order valence-electron chi connectivity index (χ4n) is 5.17. The first-order chi connectivity index (χ1) is 12.1. The molecule has 1 saturated heterocycles. The van der Waals surface area contributed by atoms with E-state index in [1.807, 2.05) is 12.1 Å². The Labute approximate surface area is 157 Å². The van der Waals surface area contributed by atoms with E-state index >= 15 is 0 Å². The molecule has 0 aromatic heterocycles. The van der Waals surface area contributed by atoms with Crippen molar-refractivity contribution in [2.24, 2.45) is 0 Å². The second-order valence-electron chi connectivity index (χ2n) is 7.62. The minimum absolute atomic E-state index is 0.0501. The van der Waals surface area contributed by atoms with Gasteiger partial charge in [0.15, 0.2) is 0 Å². The van der Waals surface area contributed by atoms with E-state index in [1.165, 1.54) is 22.3 Å². The van der Waals surface area contributed by atoms with E-state index in [4.69, 9.17) is 23.2 Å². The van der Waals surface area contributed by atoms with Gasteiger partial charge in [-0.25, -0.2) is 0 Å². The molecule has 1 fully saturated rings. The van der Waals surface area contributed by atoms with Crippen molar-refractivity contribution in [1.29, 1.82) is 0 Å². The first kappa shape index (κ1) is 15.9. The lowest BCUT2D eigenvalue weighted by Gasteiger charge is -2.38. The zero-order valence-electron chi connectivity index (χ0n) is 13.9. The van der Waals surface area contributed by atoms with E-state index in [0.29, 0.717) is 24.5 Å². The van der Waals surface area contributed by atoms with Gasteiger partial charge >= 0.3 is 0 Å². The fourth-order valence-corrected chi connectivity index (χ4v) is 5.52. The highest BCUT2D eigenvalue weighted by molar-refractivity contribution is 6.31. The van der Waals surface area contributed by atoms with Crippen LogP contribution in [-0.4, -0.2) is 30.3 Å². The van der Waals surface area contributed by atoms with Crippen molar-refractivity contribution in [3.05, 3.63) is 68.7 Å². The number of hydrogen-bond donors (Lipinski definition) is 0. The SMILES string of the molecule is O=C1CCN(CC23CC(c4ccc(Cl)cc42)c2ccc(Cl)cc23)CC1. The van der Waals surface area contributed by atoms with Gasteiger partial charge in [0.1, 0.15) is 5.78 Å². The second-order valence-corrected chi connectivity index (χ2v) is 8.49. The van der Waals surface area contributed by atoms with Gasteiger partial charge in [-0.2, -0.15) is 0 Å². The van der Waals surface area contributed by atoms with Crippen LogP contribution < -0.4 is 0 Å². The molecule has 2 nitrogen and oxygen atoms in total. The summed E-state index contributed by atoms with van der Waals surface area (Å²) in [6.45, 7) is 2.66. The Morgan fingerprint density at radius 2 is 1.52 bits per heavy atom. The molecule has 0 unspecified atom stereocenters. The van der Waals surface area contributed by atoms with Crippen LogP contribution >= 0.6 is 23.2 Å². The fraction of sp³-hybridized carbons (Fsp3) is 0.381. The van der Waals surface area contributed by atoms with Gasteiger partial charge in [0.2, 0.25) is 0 Å². The van der Waals surface area contributed by atoms with Crippen LogP contribution in [0, 0.1) is 0 Å². The van der Waals surface area contributed by atoms with Gasteiger partial charge in [-0.1, -0.05) is 35.3 Å². The molecule has 5 rings (SSSR count). The third-order valence-corrected chi connectivity index (χ3v) is 6.74. The molecular formula is C21H19Cl2NO. The molecule has 2 aliphatic carbocycles. The highest BCUT2D eigenvalue weighted by atomic mass is 35.5. The zero-order chi connectivity index (χ0) is 17.2. The second kappa shape index (κ2) is 5.57. The lowest BCUT2D eigenvalue weighted by atomic mass is 9.74. The van der Waals surface area contributed by atoms with Crippen LogP contribution in [0.5, 0.6) is 0 Å². The molecule has 0 spiro atoms. The van der Waals surface area contributed by atoms with Gasteiger partial charge in [0.25, 0.3) is 0 Å². The van der Waals surface area contributed by atoms with Gasteiger partial charge in [-0.3, -0.25) is 4.79 Å². The number of hydrogen-bond acceptors (Lipinski definition) is 2. The molecular weight excluding hydrogens is 353 g/mol. The Kier molecular flexibility index (Phi) is 3.54. The number of benzene rings is 2. The lowest BCUT2D eigenvalue weighted by molar-refractivity contribution is -0.121. The predicted octanol–water partition coefficient (Wildman–Crippen LogP) is 4.79. The summed E-state index contributed by atoms with van der Waals surface area (Å²) in [6.07, 6.45) is 2.43. The molecule has 0 N–H and O–H groups in total. The van der Waals surface area contributed by atoms with Crippen molar-refractivity contribution < 1.29 is 4.79 Å². The number of carbonyl (C=O) groups is 1. The van der Waals surface area contributed by atoms with E-state index in [0.717, 1.165) is 36.1 Å². The minimum Gasteiger partial charge on any atom is -0.301 e. The number of carbonyl (C=O) groups excluding carboxylic acids is 1. The first-order valence-electron chi connectivity index (χ1n) is 8.91. The van der Waals surface area contributed by atoms with Crippen molar-refractivity contribution in [2.75, 3.05) is 19.6 Å². The Hall–Kier alpha value is -1.35. The van der Waals surface area contributed by atoms with E-state index in [2.05, 4.69) is 29.2 Å². The third-order valence-electron chi connectivity index (χ3n) is 6.27. The number of rotatable bonds is 2. The van der Waals surface area contributed by atoms with Crippen LogP contribution in [0.1, 0.15) is 47.4 Å². The molecule has 25 heavy (non-hydrogen) atoms. The van der Waals surface area contributed by atoms with E-state index < -0.39 is 0 Å². The first-order valence-corrected chi connectivity index (χ1v) is 9.66. The van der Waals surface area contributed by atoms with Crippen LogP contribution in [-0.2, 0) is 10.2 Å². The standard InChI is InChI=1S/C21H19Cl2NO/c22-13-1-3-16-18-11-21(19(16)9-13,12-24-7-5-15(25)6-8-24)20-10-14(23)2-4-17(18)20/h1-4,9-10,18H,5-8,11-12H2. The number of ketones is 1. The molecule has 0 radical (unpaired) electrons. The largest absolute Gasteiger partial charge is 0.301 e. The molecule has 1 aliphatic heterocycles. The van der Waals surface area contributed by atoms with Crippen LogP contribution in [0.3, 0.4) is 0 Å². The zero-order valence-corrected chi connectivity index (χ0v) is 15.4. The predicted molar refractivity (Wildman–Crippen MR) is 101 cm³/mol. The monoisotopic (exact) mass is 371 g/mol. The van der Waals surface area contributed by atoms with E-state index in [-0.39, 0.29) is 5.41 Å². The van der Waals surface area contributed by atoms with Crippen LogP contribution in [0.25, 0.3) is 0 Å². The molecule has 2 aromatic rings. The van der Waals surface area contributed by atoms with Crippen LogP contribution in [0.4, 0.5) is 0 Å². The number of fused-ring (bicyclic) bond motifs is 8. The van der Waals surface area contributed by atoms with Crippen molar-refractivity contribution >= 4 is 29.0 Å². The summed E-state index contributed by atoms with van der Waals surface area (Å²) in [5.74, 6) is 0.822. The number of likely N-dealkylation sites (tertiary alicyclic amines) is 1. The summed E-state index contributed by atoms with van der Waals surface area (Å²) < 4.78 is 0. The molecule has 0 saturated carbocycles. The third kappa shape index (κ3) is 2.31. The quantitative estimate of drug-likeness (QED) is 0.755. The number of nitrogens with zero attached hydrogens (tertiary/aromatic N) is 1. The van der Waals surface area contributed by atoms with Gasteiger partial charge in [0, 0.05) is 53.9 Å². The van der Waals surface area contributed by atoms with Crippen molar-refractivity contribution in [3.8, 4) is 0 Å². The topological polar surface area (TPSA) is 20.3 Å². The number of halogens is 2. The van der Waals surface area contributed by atoms with Gasteiger partial charge in [0.05, 0.1) is 0 Å². The summed E-state index contributed by atoms with van der Waals surface area (Å²) >= 11 is 12.7. The van der Waals surface area contributed by atoms with Crippen molar-refractivity contribution in [2.45, 2.75) is 30.6 Å². The van der Waals surface area contributed by atoms with E-state index in [9.17, 15) is 4.79 Å². The Bertz CT molecular complexity index is 828. The Morgan fingerprint density at radius 1 is 0.960 bits per heavy atom. The summed E-state index contributed by atoms with van der Waals surface area (Å²) in [6, 6.07) is 12.7. The molecule has 0 atom stereocenters. The Morgan fingerprint density at radius 3 is 2.08 bits per heavy atom. The minimum atomic E-state index is -0.0501. The highest BCUT2D eigenvalue weighted by Gasteiger charge is 2.53. The average molecular weight is 372 g/mol. The van der Waals surface area contributed by atoms with Crippen molar-refractivity contribution in [3.63, 3.8) is 0 Å². The molecule has 3 aliphatic rings. The maximum absolute atomic E-state index is 11.6. The molecule has 1 heterocycles. The molecule has 128 valence electrons. The smallest absolute Gasteiger partial charge is 0.135 e. The summed E-state index contributed by atoms with van der Waals surface area (Å²) in [5.41, 5.74) is 5.49. The summed E-state index contributed by atoms with van der Waals surface area (Å²) in [7, 11) is 0. The molecule has 4 heteroatoms. The maximum Gasteiger partial charge on any atom is 0.135 e. The molecule has 2 bridgehead atoms. The summed E-state index contributed by atoms with van der Waals surface area (Å²) in [4.78, 5) is 14.1. The van der Waals surface area contributed by atoms with Gasteiger partial charge in [-0.15, -0.1) is 0 Å². The Balaban J connectivity index is 1.63. The van der Waals surface area contributed by atoms with Crippen LogP contribution in [0.2, 0.25) is 10.0 Å². The summed E-state index contributed by atoms with van der Waals surface area (Å²) in [5, 5.41) is 1.59. The number of piperidine rings is 1. The lowest BCUT2D eigenvalue weighted by Crippen LogP contribution is -2.43. The van der Waals surface area contributed by atoms with Crippen molar-refractivity contribution in [1.82, 2.24) is 4.90 Å². The van der Waals surface area contributed by atoms with Crippen LogP contribution in [0.15, 0.2) is 36.4 Å². The highest BCUT2D eigenvalue weighted by Crippen LogP contribution is 2.61. The van der Waals surface area contributed by atoms with Gasteiger partial charge in [-0.05, 0) is 52.9 Å². The van der Waals surface area contributed by atoms with E-state index in [1.54, 1.807) is 0 Å². The number of Topliss-reactive ketones (excluding diaryl/α,β-unsaturated/α-hetero) is 1. The normalized spacial score (nSPS) is 27.4. The van der Waals surface area contributed by atoms with Gasteiger partial charge < -0.3 is 4.90 Å². The average Bonchev–Trinajstić information content (AvgIpc) is 3.08.